The molecule has 0 rings (SSSR count). The highest BCUT2D eigenvalue weighted by molar-refractivity contribution is 5.06. The Morgan fingerprint density at radius 1 is 1.19 bits per heavy atom. The molecule has 0 amide bonds. The lowest BCUT2D eigenvalue weighted by Gasteiger charge is -2.25. The topological polar surface area (TPSA) is 134 Å². The van der Waals surface area contributed by atoms with E-state index >= 15 is 0 Å². The number of nitrogens with zero attached hydrogens (tertiary/aromatic N) is 4. The van der Waals surface area contributed by atoms with Crippen molar-refractivity contribution in [2.75, 3.05) is 0 Å². The SMILES string of the molecule is CCC(C)([C@@H](C#N)[N+](=O)[O-])[C@@H](C#N)[N+](=O)[O-]. The number of nitriles is 2. The average molecular weight is 226 g/mol. The second-order valence-corrected chi connectivity index (χ2v) is 3.49. The minimum atomic E-state index is -1.77. The number of rotatable bonds is 5. The van der Waals surface area contributed by atoms with Crippen molar-refractivity contribution in [1.29, 1.82) is 10.5 Å². The van der Waals surface area contributed by atoms with Gasteiger partial charge in [-0.25, -0.2) is 0 Å². The maximum absolute atomic E-state index is 10.6. The third kappa shape index (κ3) is 2.23. The van der Waals surface area contributed by atoms with Gasteiger partial charge in [0.15, 0.2) is 0 Å². The van der Waals surface area contributed by atoms with Crippen LogP contribution in [0.3, 0.4) is 0 Å². The zero-order chi connectivity index (χ0) is 12.9. The van der Waals surface area contributed by atoms with Crippen molar-refractivity contribution >= 4 is 0 Å². The van der Waals surface area contributed by atoms with Crippen molar-refractivity contribution in [2.45, 2.75) is 32.4 Å². The summed E-state index contributed by atoms with van der Waals surface area (Å²) in [7, 11) is 0. The molecule has 0 saturated heterocycles. The molecular weight excluding hydrogens is 216 g/mol. The van der Waals surface area contributed by atoms with E-state index in [0.717, 1.165) is 0 Å². The highest BCUT2D eigenvalue weighted by atomic mass is 16.6. The molecule has 0 aliphatic heterocycles. The van der Waals surface area contributed by atoms with E-state index in [2.05, 4.69) is 0 Å². The predicted octanol–water partition coefficient (Wildman–Crippen LogP) is 0.740. The summed E-state index contributed by atoms with van der Waals surface area (Å²) in [5, 5.41) is 38.6. The number of hydrogen-bond donors (Lipinski definition) is 0. The molecule has 0 spiro atoms. The van der Waals surface area contributed by atoms with Crippen LogP contribution < -0.4 is 0 Å². The Hall–Kier alpha value is -2.22. The summed E-state index contributed by atoms with van der Waals surface area (Å²) in [4.78, 5) is 19.5. The molecule has 0 unspecified atom stereocenters. The predicted molar refractivity (Wildman–Crippen MR) is 51.2 cm³/mol. The van der Waals surface area contributed by atoms with E-state index in [1.165, 1.54) is 26.0 Å². The van der Waals surface area contributed by atoms with Crippen LogP contribution in [0, 0.1) is 48.3 Å². The Morgan fingerprint density at radius 3 is 1.62 bits per heavy atom. The first kappa shape index (κ1) is 13.8. The summed E-state index contributed by atoms with van der Waals surface area (Å²) in [5.74, 6) is 0. The molecule has 0 heterocycles. The molecule has 0 saturated carbocycles. The molecule has 2 atom stereocenters. The first-order valence-electron chi connectivity index (χ1n) is 4.41. The summed E-state index contributed by atoms with van der Waals surface area (Å²) in [6.45, 7) is 2.68. The van der Waals surface area contributed by atoms with Gasteiger partial charge in [-0.2, -0.15) is 10.5 Å². The van der Waals surface area contributed by atoms with Crippen LogP contribution in [0.1, 0.15) is 20.3 Å². The standard InChI is InChI=1S/C8H10N4O4/c1-3-8(2,6(4-9)11(13)14)7(5-10)12(15)16/h6-7H,3H2,1-2H3/t6-,7-/m1/s1. The van der Waals surface area contributed by atoms with E-state index < -0.39 is 27.3 Å². The Bertz CT molecular complexity index is 348. The first-order chi connectivity index (χ1) is 7.34. The van der Waals surface area contributed by atoms with Crippen molar-refractivity contribution in [3.05, 3.63) is 20.2 Å². The van der Waals surface area contributed by atoms with E-state index in [-0.39, 0.29) is 6.42 Å². The fourth-order valence-electron chi connectivity index (χ4n) is 1.41. The third-order valence-electron chi connectivity index (χ3n) is 2.68. The lowest BCUT2D eigenvalue weighted by Crippen LogP contribution is -2.48. The second-order valence-electron chi connectivity index (χ2n) is 3.49. The van der Waals surface area contributed by atoms with E-state index in [1.54, 1.807) is 0 Å². The van der Waals surface area contributed by atoms with Gasteiger partial charge in [0.2, 0.25) is 0 Å². The Balaban J connectivity index is 5.51. The van der Waals surface area contributed by atoms with Crippen LogP contribution in [0.2, 0.25) is 0 Å². The molecule has 0 radical (unpaired) electrons. The summed E-state index contributed by atoms with van der Waals surface area (Å²) < 4.78 is 0. The van der Waals surface area contributed by atoms with Gasteiger partial charge in [0, 0.05) is 9.85 Å². The zero-order valence-electron chi connectivity index (χ0n) is 8.78. The van der Waals surface area contributed by atoms with Gasteiger partial charge in [0.1, 0.15) is 17.6 Å². The van der Waals surface area contributed by atoms with Crippen molar-refractivity contribution < 1.29 is 9.85 Å². The largest absolute Gasteiger partial charge is 0.309 e. The van der Waals surface area contributed by atoms with E-state index in [1.807, 2.05) is 0 Å². The van der Waals surface area contributed by atoms with Crippen LogP contribution in [-0.4, -0.2) is 21.9 Å². The fourth-order valence-corrected chi connectivity index (χ4v) is 1.41. The quantitative estimate of drug-likeness (QED) is 0.501. The summed E-state index contributed by atoms with van der Waals surface area (Å²) in [6.07, 6.45) is -0.00852. The molecule has 0 aromatic heterocycles. The Morgan fingerprint density at radius 2 is 1.50 bits per heavy atom. The van der Waals surface area contributed by atoms with Crippen LogP contribution in [-0.2, 0) is 0 Å². The highest BCUT2D eigenvalue weighted by Crippen LogP contribution is 2.33. The summed E-state index contributed by atoms with van der Waals surface area (Å²) >= 11 is 0. The molecule has 0 fully saturated rings. The third-order valence-corrected chi connectivity index (χ3v) is 2.68. The number of hydrogen-bond acceptors (Lipinski definition) is 6. The Labute approximate surface area is 91.4 Å². The van der Waals surface area contributed by atoms with Crippen LogP contribution in [0.4, 0.5) is 0 Å². The molecule has 0 aliphatic rings. The van der Waals surface area contributed by atoms with Gasteiger partial charge >= 0.3 is 12.1 Å². The smallest absolute Gasteiger partial charge is 0.263 e. The molecule has 86 valence electrons. The number of nitro groups is 2. The van der Waals surface area contributed by atoms with Crippen LogP contribution in [0.25, 0.3) is 0 Å². The van der Waals surface area contributed by atoms with Gasteiger partial charge in [-0.15, -0.1) is 0 Å². The van der Waals surface area contributed by atoms with Gasteiger partial charge in [0.05, 0.1) is 0 Å². The van der Waals surface area contributed by atoms with Gasteiger partial charge in [-0.1, -0.05) is 6.92 Å². The molecule has 0 aliphatic carbocycles. The molecule has 0 bridgehead atoms. The Kier molecular flexibility index (Phi) is 4.33. The lowest BCUT2D eigenvalue weighted by molar-refractivity contribution is -0.572. The minimum Gasteiger partial charge on any atom is -0.263 e. The van der Waals surface area contributed by atoms with Crippen molar-refractivity contribution in [2.24, 2.45) is 5.41 Å². The fraction of sp³-hybridized carbons (Fsp3) is 0.750. The zero-order valence-corrected chi connectivity index (χ0v) is 8.78. The first-order valence-corrected chi connectivity index (χ1v) is 4.41. The van der Waals surface area contributed by atoms with Crippen molar-refractivity contribution in [1.82, 2.24) is 0 Å². The van der Waals surface area contributed by atoms with Crippen LogP contribution in [0.5, 0.6) is 0 Å². The molecule has 8 nitrogen and oxygen atoms in total. The lowest BCUT2D eigenvalue weighted by atomic mass is 9.74. The van der Waals surface area contributed by atoms with Gasteiger partial charge < -0.3 is 0 Å². The minimum absolute atomic E-state index is 0.00852. The van der Waals surface area contributed by atoms with Crippen molar-refractivity contribution in [3.8, 4) is 12.1 Å². The highest BCUT2D eigenvalue weighted by Gasteiger charge is 2.54. The monoisotopic (exact) mass is 226 g/mol. The van der Waals surface area contributed by atoms with E-state index in [9.17, 15) is 20.2 Å². The molecule has 16 heavy (non-hydrogen) atoms. The molecular formula is C8H10N4O4. The van der Waals surface area contributed by atoms with Gasteiger partial charge in [-0.3, -0.25) is 20.2 Å². The van der Waals surface area contributed by atoms with Crippen molar-refractivity contribution in [3.63, 3.8) is 0 Å². The molecule has 0 aromatic carbocycles. The average Bonchev–Trinajstić information content (AvgIpc) is 2.18. The van der Waals surface area contributed by atoms with Gasteiger partial charge in [0.25, 0.3) is 0 Å². The summed E-state index contributed by atoms with van der Waals surface area (Å²) in [5.41, 5.74) is -1.60. The normalized spacial score (nSPS) is 14.2. The maximum atomic E-state index is 10.6. The summed E-state index contributed by atoms with van der Waals surface area (Å²) in [6, 6.07) is -0.725. The maximum Gasteiger partial charge on any atom is 0.309 e. The second kappa shape index (κ2) is 5.03. The molecule has 0 N–H and O–H groups in total. The van der Waals surface area contributed by atoms with Crippen LogP contribution >= 0.6 is 0 Å². The van der Waals surface area contributed by atoms with Crippen LogP contribution in [0.15, 0.2) is 0 Å². The molecule has 0 aromatic rings. The molecule has 8 heteroatoms. The van der Waals surface area contributed by atoms with E-state index in [0.29, 0.717) is 0 Å². The van der Waals surface area contributed by atoms with Gasteiger partial charge in [-0.05, 0) is 13.3 Å². The van der Waals surface area contributed by atoms with E-state index in [4.69, 9.17) is 10.5 Å².